The highest BCUT2D eigenvalue weighted by molar-refractivity contribution is 7.91. The van der Waals surface area contributed by atoms with Crippen molar-refractivity contribution in [1.29, 1.82) is 0 Å². The van der Waals surface area contributed by atoms with Crippen LogP contribution in [0.5, 0.6) is 0 Å². The molecule has 0 spiro atoms. The van der Waals surface area contributed by atoms with Gasteiger partial charge in [-0.3, -0.25) is 14.4 Å². The molecule has 3 heterocycles. The minimum Gasteiger partial charge on any atom is -0.356 e. The molecule has 0 aromatic carbocycles. The minimum atomic E-state index is -3.15. The molecule has 0 radical (unpaired) electrons. The van der Waals surface area contributed by atoms with Gasteiger partial charge in [0, 0.05) is 32.5 Å². The molecule has 156 valence electrons. The molecule has 1 N–H and O–H groups in total. The van der Waals surface area contributed by atoms with Crippen molar-refractivity contribution in [3.05, 3.63) is 0 Å². The highest BCUT2D eigenvalue weighted by atomic mass is 32.2. The van der Waals surface area contributed by atoms with Crippen molar-refractivity contribution in [2.75, 3.05) is 31.1 Å². The van der Waals surface area contributed by atoms with E-state index < -0.39 is 15.9 Å². The standard InChI is InChI=1S/C18H28N4O5S/c1-2-8-19-17(24)13-4-3-9-21(11-13)18(25)15-5-6-16(23)22(20-15)14-7-10-28(26,27)12-14/h13-14H,2-12H2,1H3,(H,19,24). The summed E-state index contributed by atoms with van der Waals surface area (Å²) >= 11 is 0. The molecule has 3 rings (SSSR count). The van der Waals surface area contributed by atoms with E-state index in [1.807, 2.05) is 6.92 Å². The smallest absolute Gasteiger partial charge is 0.270 e. The zero-order chi connectivity index (χ0) is 20.3. The molecule has 3 amide bonds. The number of hydrazone groups is 1. The second-order valence-electron chi connectivity index (χ2n) is 7.72. The Morgan fingerprint density at radius 2 is 2.04 bits per heavy atom. The number of carbonyl (C=O) groups is 3. The lowest BCUT2D eigenvalue weighted by molar-refractivity contribution is -0.134. The molecule has 0 saturated carbocycles. The highest BCUT2D eigenvalue weighted by Crippen LogP contribution is 2.24. The third-order valence-corrected chi connectivity index (χ3v) is 7.24. The average Bonchev–Trinajstić information content (AvgIpc) is 3.05. The number of hydrogen-bond acceptors (Lipinski definition) is 6. The van der Waals surface area contributed by atoms with E-state index in [-0.39, 0.29) is 53.7 Å². The van der Waals surface area contributed by atoms with E-state index in [0.717, 1.165) is 19.3 Å². The monoisotopic (exact) mass is 412 g/mol. The lowest BCUT2D eigenvalue weighted by Gasteiger charge is -2.34. The van der Waals surface area contributed by atoms with Gasteiger partial charge in [-0.15, -0.1) is 0 Å². The van der Waals surface area contributed by atoms with Gasteiger partial charge in [0.1, 0.15) is 5.71 Å². The molecule has 0 aromatic rings. The molecule has 28 heavy (non-hydrogen) atoms. The summed E-state index contributed by atoms with van der Waals surface area (Å²) in [4.78, 5) is 39.0. The fraction of sp³-hybridized carbons (Fsp3) is 0.778. The molecular formula is C18H28N4O5S. The van der Waals surface area contributed by atoms with Gasteiger partial charge in [0.05, 0.1) is 23.5 Å². The van der Waals surface area contributed by atoms with Crippen LogP contribution in [-0.2, 0) is 24.2 Å². The summed E-state index contributed by atoms with van der Waals surface area (Å²) in [6, 6.07) is -0.491. The van der Waals surface area contributed by atoms with Gasteiger partial charge in [0.15, 0.2) is 9.84 Å². The fourth-order valence-electron chi connectivity index (χ4n) is 3.93. The molecular weight excluding hydrogens is 384 g/mol. The van der Waals surface area contributed by atoms with Gasteiger partial charge in [-0.05, 0) is 25.7 Å². The molecule has 2 atom stereocenters. The predicted octanol–water partition coefficient (Wildman–Crippen LogP) is -0.0833. The zero-order valence-electron chi connectivity index (χ0n) is 16.2. The van der Waals surface area contributed by atoms with E-state index in [9.17, 15) is 22.8 Å². The molecule has 0 bridgehead atoms. The minimum absolute atomic E-state index is 0.0297. The van der Waals surface area contributed by atoms with Gasteiger partial charge >= 0.3 is 0 Å². The third-order valence-electron chi connectivity index (χ3n) is 5.49. The molecule has 3 aliphatic heterocycles. The third kappa shape index (κ3) is 4.71. The molecule has 2 fully saturated rings. The normalized spacial score (nSPS) is 27.5. The first-order valence-corrected chi connectivity index (χ1v) is 11.8. The number of likely N-dealkylation sites (tertiary alicyclic amines) is 1. The number of rotatable bonds is 5. The molecule has 2 saturated heterocycles. The van der Waals surface area contributed by atoms with Crippen LogP contribution in [0, 0.1) is 5.92 Å². The van der Waals surface area contributed by atoms with Crippen LogP contribution in [0.25, 0.3) is 0 Å². The van der Waals surface area contributed by atoms with Crippen molar-refractivity contribution in [2.24, 2.45) is 11.0 Å². The average molecular weight is 413 g/mol. The zero-order valence-corrected chi connectivity index (χ0v) is 17.0. The van der Waals surface area contributed by atoms with Gasteiger partial charge in [0.25, 0.3) is 5.91 Å². The summed E-state index contributed by atoms with van der Waals surface area (Å²) in [7, 11) is -3.15. The molecule has 3 aliphatic rings. The fourth-order valence-corrected chi connectivity index (χ4v) is 5.62. The number of carbonyl (C=O) groups excluding carboxylic acids is 3. The Hall–Kier alpha value is -1.97. The van der Waals surface area contributed by atoms with E-state index in [1.165, 1.54) is 5.01 Å². The maximum Gasteiger partial charge on any atom is 0.270 e. The van der Waals surface area contributed by atoms with E-state index in [1.54, 1.807) is 4.90 Å². The van der Waals surface area contributed by atoms with Crippen LogP contribution < -0.4 is 5.32 Å². The van der Waals surface area contributed by atoms with E-state index >= 15 is 0 Å². The van der Waals surface area contributed by atoms with E-state index in [2.05, 4.69) is 10.4 Å². The van der Waals surface area contributed by atoms with Gasteiger partial charge in [-0.1, -0.05) is 6.92 Å². The van der Waals surface area contributed by atoms with Crippen LogP contribution in [0.2, 0.25) is 0 Å². The quantitative estimate of drug-likeness (QED) is 0.678. The number of sulfone groups is 1. The van der Waals surface area contributed by atoms with Crippen LogP contribution >= 0.6 is 0 Å². The van der Waals surface area contributed by atoms with E-state index in [4.69, 9.17) is 0 Å². The first-order chi connectivity index (χ1) is 13.3. The Morgan fingerprint density at radius 3 is 2.71 bits per heavy atom. The van der Waals surface area contributed by atoms with Crippen LogP contribution in [-0.4, -0.2) is 78.9 Å². The lowest BCUT2D eigenvalue weighted by Crippen LogP contribution is -2.49. The number of nitrogens with one attached hydrogen (secondary N) is 1. The summed E-state index contributed by atoms with van der Waals surface area (Å²) in [5.74, 6) is -0.821. The van der Waals surface area contributed by atoms with Crippen molar-refractivity contribution < 1.29 is 22.8 Å². The molecule has 10 heteroatoms. The second-order valence-corrected chi connectivity index (χ2v) is 9.95. The first-order valence-electron chi connectivity index (χ1n) is 9.97. The Kier molecular flexibility index (Phi) is 6.36. The summed E-state index contributed by atoms with van der Waals surface area (Å²) in [6.07, 6.45) is 3.09. The lowest BCUT2D eigenvalue weighted by atomic mass is 9.96. The molecule has 9 nitrogen and oxygen atoms in total. The van der Waals surface area contributed by atoms with Crippen molar-refractivity contribution >= 4 is 33.3 Å². The summed E-state index contributed by atoms with van der Waals surface area (Å²) in [5.41, 5.74) is 0.276. The number of piperidine rings is 1. The summed E-state index contributed by atoms with van der Waals surface area (Å²) < 4.78 is 23.5. The summed E-state index contributed by atoms with van der Waals surface area (Å²) in [6.45, 7) is 3.51. The van der Waals surface area contributed by atoms with Crippen LogP contribution in [0.3, 0.4) is 0 Å². The highest BCUT2D eigenvalue weighted by Gasteiger charge is 2.38. The predicted molar refractivity (Wildman–Crippen MR) is 103 cm³/mol. The van der Waals surface area contributed by atoms with Crippen molar-refractivity contribution in [3.8, 4) is 0 Å². The number of nitrogens with zero attached hydrogens (tertiary/aromatic N) is 3. The number of hydrogen-bond donors (Lipinski definition) is 1. The Morgan fingerprint density at radius 1 is 1.25 bits per heavy atom. The topological polar surface area (TPSA) is 116 Å². The van der Waals surface area contributed by atoms with Gasteiger partial charge in [-0.25, -0.2) is 13.4 Å². The maximum absolute atomic E-state index is 12.9. The Balaban J connectivity index is 1.68. The van der Waals surface area contributed by atoms with Crippen molar-refractivity contribution in [1.82, 2.24) is 15.2 Å². The van der Waals surface area contributed by atoms with Crippen LogP contribution in [0.4, 0.5) is 0 Å². The second kappa shape index (κ2) is 8.59. The van der Waals surface area contributed by atoms with Crippen molar-refractivity contribution in [2.45, 2.75) is 51.5 Å². The van der Waals surface area contributed by atoms with E-state index in [0.29, 0.717) is 26.1 Å². The largest absolute Gasteiger partial charge is 0.356 e. The molecule has 0 aromatic heterocycles. The SMILES string of the molecule is CCCNC(=O)C1CCCN(C(=O)C2=NN(C3CCS(=O)(=O)C3)C(=O)CC2)C1. The number of amides is 3. The van der Waals surface area contributed by atoms with Gasteiger partial charge in [0.2, 0.25) is 11.8 Å². The van der Waals surface area contributed by atoms with Crippen LogP contribution in [0.1, 0.15) is 45.4 Å². The van der Waals surface area contributed by atoms with Crippen molar-refractivity contribution in [3.63, 3.8) is 0 Å². The first kappa shape index (κ1) is 20.8. The van der Waals surface area contributed by atoms with Gasteiger partial charge < -0.3 is 10.2 Å². The maximum atomic E-state index is 12.9. The van der Waals surface area contributed by atoms with Gasteiger partial charge in [-0.2, -0.15) is 5.10 Å². The molecule has 0 aliphatic carbocycles. The Labute approximate surface area is 165 Å². The molecule has 2 unspecified atom stereocenters. The Bertz CT molecular complexity index is 779. The van der Waals surface area contributed by atoms with Crippen LogP contribution in [0.15, 0.2) is 5.10 Å². The summed E-state index contributed by atoms with van der Waals surface area (Å²) in [5, 5.41) is 8.34.